The van der Waals surface area contributed by atoms with Crippen LogP contribution in [0.15, 0.2) is 317 Å². The highest BCUT2D eigenvalue weighted by molar-refractivity contribution is 6.28. The van der Waals surface area contributed by atoms with Crippen LogP contribution in [0.2, 0.25) is 0 Å². The number of furan rings is 3. The number of nitrogens with zero attached hydrogens (tertiary/aromatic N) is 8. The first-order valence-corrected chi connectivity index (χ1v) is 34.6. The molecule has 11 heteroatoms. The average Bonchev–Trinajstić information content (AvgIpc) is 1.55. The van der Waals surface area contributed by atoms with Crippen molar-refractivity contribution in [2.24, 2.45) is 0 Å². The lowest BCUT2D eigenvalue weighted by Crippen LogP contribution is -2.10. The second-order valence-corrected chi connectivity index (χ2v) is 26.7. The number of nitriles is 4. The van der Waals surface area contributed by atoms with Crippen molar-refractivity contribution in [3.05, 3.63) is 326 Å². The van der Waals surface area contributed by atoms with Crippen molar-refractivity contribution in [3.63, 3.8) is 0 Å². The van der Waals surface area contributed by atoms with Crippen molar-refractivity contribution in [2.75, 3.05) is 4.90 Å². The summed E-state index contributed by atoms with van der Waals surface area (Å²) in [5.41, 5.74) is 21.8. The Labute approximate surface area is 597 Å². The minimum atomic E-state index is 0.237. The minimum Gasteiger partial charge on any atom is -0.455 e. The maximum atomic E-state index is 11.6. The minimum absolute atomic E-state index is 0.237. The van der Waals surface area contributed by atoms with Crippen molar-refractivity contribution in [2.45, 2.75) is 0 Å². The summed E-state index contributed by atoms with van der Waals surface area (Å²) in [6, 6.07) is 113. The lowest BCUT2D eigenvalue weighted by atomic mass is 9.97. The van der Waals surface area contributed by atoms with Crippen molar-refractivity contribution in [3.8, 4) is 74.7 Å². The zero-order valence-corrected chi connectivity index (χ0v) is 55.7. The molecule has 11 nitrogen and oxygen atoms in total. The summed E-state index contributed by atoms with van der Waals surface area (Å²) in [4.78, 5) is 2.28. The fourth-order valence-electron chi connectivity index (χ4n) is 16.5. The summed E-state index contributed by atoms with van der Waals surface area (Å²) >= 11 is 0. The highest BCUT2D eigenvalue weighted by Gasteiger charge is 2.29. The Morgan fingerprint density at radius 1 is 0.257 bits per heavy atom. The van der Waals surface area contributed by atoms with Crippen LogP contribution >= 0.6 is 0 Å². The second kappa shape index (κ2) is 22.7. The molecule has 0 unspecified atom stereocenters. The van der Waals surface area contributed by atoms with Crippen LogP contribution < -0.4 is 4.90 Å². The summed E-state index contributed by atoms with van der Waals surface area (Å²) in [5, 5.41) is 54.6. The third-order valence-electron chi connectivity index (χ3n) is 21.2. The number of benzene rings is 15. The normalized spacial score (nSPS) is 11.8. The van der Waals surface area contributed by atoms with Gasteiger partial charge in [-0.15, -0.1) is 0 Å². The van der Waals surface area contributed by atoms with Crippen LogP contribution in [0, 0.1) is 45.3 Å². The molecule has 21 aromatic rings. The van der Waals surface area contributed by atoms with Gasteiger partial charge in [-0.05, 0) is 191 Å². The summed E-state index contributed by atoms with van der Waals surface area (Å²) in [6.45, 7) is 0. The molecule has 6 heterocycles. The van der Waals surface area contributed by atoms with Gasteiger partial charge in [0.25, 0.3) is 0 Å². The number of fused-ring (bicyclic) bond motifs is 21. The monoisotopic (exact) mass is 1340 g/mol. The van der Waals surface area contributed by atoms with E-state index in [2.05, 4.69) is 237 Å². The van der Waals surface area contributed by atoms with Crippen molar-refractivity contribution < 1.29 is 13.3 Å². The van der Waals surface area contributed by atoms with E-state index < -0.39 is 0 Å². The third-order valence-corrected chi connectivity index (χ3v) is 21.2. The first-order valence-electron chi connectivity index (χ1n) is 34.6. The molecule has 0 spiro atoms. The van der Waals surface area contributed by atoms with E-state index in [1.807, 2.05) is 91.0 Å². The molecule has 0 N–H and O–H groups in total. The molecule has 0 saturated carbocycles. The van der Waals surface area contributed by atoms with E-state index in [-0.39, 0.29) is 11.1 Å². The lowest BCUT2D eigenvalue weighted by Gasteiger charge is -2.26. The van der Waals surface area contributed by atoms with Crippen LogP contribution in [0.3, 0.4) is 0 Å². The number of rotatable bonds is 9. The van der Waals surface area contributed by atoms with Gasteiger partial charge in [0.2, 0.25) is 0 Å². The molecule has 15 aromatic carbocycles. The van der Waals surface area contributed by atoms with Crippen LogP contribution in [0.25, 0.3) is 182 Å². The molecule has 0 aliphatic heterocycles. The smallest absolute Gasteiger partial charge is 0.145 e. The molecule has 484 valence electrons. The predicted octanol–water partition coefficient (Wildman–Crippen LogP) is 24.6. The van der Waals surface area contributed by atoms with Gasteiger partial charge in [0.15, 0.2) is 0 Å². The number of anilines is 3. The predicted molar refractivity (Wildman–Crippen MR) is 421 cm³/mol. The van der Waals surface area contributed by atoms with Crippen LogP contribution in [0.5, 0.6) is 0 Å². The van der Waals surface area contributed by atoms with Gasteiger partial charge in [-0.2, -0.15) is 21.0 Å². The number of hydrogen-bond acceptors (Lipinski definition) is 8. The van der Waals surface area contributed by atoms with E-state index in [4.69, 9.17) is 13.3 Å². The Morgan fingerprint density at radius 3 is 1.25 bits per heavy atom. The summed E-state index contributed by atoms with van der Waals surface area (Å²) in [5.74, 6) is 0. The van der Waals surface area contributed by atoms with Gasteiger partial charge in [0, 0.05) is 65.5 Å². The lowest BCUT2D eigenvalue weighted by molar-refractivity contribution is 0.672. The fourth-order valence-corrected chi connectivity index (χ4v) is 16.5. The molecule has 0 aliphatic rings. The quantitative estimate of drug-likeness (QED) is 0.138. The van der Waals surface area contributed by atoms with E-state index in [1.165, 1.54) is 0 Å². The topological polar surface area (TPSA) is 153 Å². The highest BCUT2D eigenvalue weighted by Crippen LogP contribution is 2.50. The summed E-state index contributed by atoms with van der Waals surface area (Å²) in [6.07, 6.45) is 0. The zero-order valence-electron chi connectivity index (χ0n) is 55.7. The molecule has 0 atom stereocenters. The van der Waals surface area contributed by atoms with E-state index in [0.29, 0.717) is 28.2 Å². The van der Waals surface area contributed by atoms with Crippen LogP contribution in [-0.4, -0.2) is 13.7 Å². The van der Waals surface area contributed by atoms with Gasteiger partial charge >= 0.3 is 0 Å². The maximum absolute atomic E-state index is 11.6. The van der Waals surface area contributed by atoms with Gasteiger partial charge in [0.05, 0.1) is 94.6 Å². The molecular weight excluding hydrogens is 1290 g/mol. The van der Waals surface area contributed by atoms with E-state index >= 15 is 0 Å². The van der Waals surface area contributed by atoms with Gasteiger partial charge < -0.3 is 31.9 Å². The Morgan fingerprint density at radius 2 is 0.686 bits per heavy atom. The number of para-hydroxylation sites is 4. The first-order chi connectivity index (χ1) is 51.9. The highest BCUT2D eigenvalue weighted by atomic mass is 16.3. The molecule has 0 aliphatic carbocycles. The van der Waals surface area contributed by atoms with E-state index in [1.54, 1.807) is 18.2 Å². The van der Waals surface area contributed by atoms with Crippen LogP contribution in [-0.2, 0) is 0 Å². The van der Waals surface area contributed by atoms with Crippen molar-refractivity contribution >= 4 is 148 Å². The number of hydrogen-bond donors (Lipinski definition) is 0. The van der Waals surface area contributed by atoms with Gasteiger partial charge in [-0.3, -0.25) is 0 Å². The van der Waals surface area contributed by atoms with Crippen LogP contribution in [0.4, 0.5) is 17.1 Å². The van der Waals surface area contributed by atoms with Crippen molar-refractivity contribution in [1.82, 2.24) is 13.7 Å². The SMILES string of the molecule is N#Cc1ccc(-n2c3ccc(N(c4ccccc4)c4cccc(-c5cccc(-c6ccc7c(c6)c6c8oc9ccccc9c8ccc6n7-c6ccc(C#N)c(C#N)c6-n6c7ccc(-c8ccccc8)cc7c7c8oc9ccccc9c8ccc76)c5)c4)cc3c3c4oc5ccccc5c4ccc32)c(C#N)c1. The molecule has 0 fully saturated rings. The number of aromatic nitrogens is 3. The molecule has 0 amide bonds. The Kier molecular flexibility index (Phi) is 12.7. The van der Waals surface area contributed by atoms with Crippen molar-refractivity contribution in [1.29, 1.82) is 21.0 Å². The van der Waals surface area contributed by atoms with Gasteiger partial charge in [-0.25, -0.2) is 0 Å². The first kappa shape index (κ1) is 58.8. The maximum Gasteiger partial charge on any atom is 0.145 e. The molecule has 0 saturated heterocycles. The Hall–Kier alpha value is -15.1. The molecular formula is C94H50N8O3. The summed E-state index contributed by atoms with van der Waals surface area (Å²) < 4.78 is 27.2. The second-order valence-electron chi connectivity index (χ2n) is 26.7. The zero-order chi connectivity index (χ0) is 69.7. The molecule has 21 rings (SSSR count). The molecule has 6 aromatic heterocycles. The summed E-state index contributed by atoms with van der Waals surface area (Å²) in [7, 11) is 0. The Bertz CT molecular complexity index is 7540. The Balaban J connectivity index is 0.740. The molecule has 0 bridgehead atoms. The standard InChI is InChI=1S/C94H50N8O3/c95-51-55-29-37-77(63(45-55)53-97)100-79-41-33-66(50-75(79)90-81(100)42-34-71-68-24-8-12-28-87(68)105-94(71)90)99(64-20-5-2-6-21-64)65-22-14-19-59(47-65)57-17-13-18-58(46-57)61-31-38-78-73(49-61)88-82(43-35-70-67-23-7-10-26-85(67)103-92(70)88)101(78)84-40-32-62(52-96)76(54-98)91(84)102-80-39-30-60(56-15-3-1-4-16-56)48-74(80)89-83(102)44-36-72-69-25-9-11-27-86(69)104-93(72)89/h1-50H. The molecule has 105 heavy (non-hydrogen) atoms. The van der Waals surface area contributed by atoms with E-state index in [0.717, 1.165) is 182 Å². The third kappa shape index (κ3) is 8.68. The van der Waals surface area contributed by atoms with Gasteiger partial charge in [0.1, 0.15) is 51.7 Å². The van der Waals surface area contributed by atoms with Gasteiger partial charge in [-0.1, -0.05) is 146 Å². The largest absolute Gasteiger partial charge is 0.455 e. The average molecular weight is 1340 g/mol. The molecule has 0 radical (unpaired) electrons. The fraction of sp³-hybridized carbons (Fsp3) is 0. The van der Waals surface area contributed by atoms with Crippen LogP contribution in [0.1, 0.15) is 22.3 Å². The van der Waals surface area contributed by atoms with E-state index in [9.17, 15) is 21.0 Å².